The normalized spacial score (nSPS) is 10.7. The zero-order valence-corrected chi connectivity index (χ0v) is 19.6. The number of aliphatic hydroxyl groups excluding tert-OH is 1. The Morgan fingerprint density at radius 1 is 1.00 bits per heavy atom. The fourth-order valence-corrected chi connectivity index (χ4v) is 2.97. The van der Waals surface area contributed by atoms with Crippen LogP contribution in [-0.2, 0) is 24.9 Å². The number of aromatic nitrogens is 1. The van der Waals surface area contributed by atoms with Gasteiger partial charge >= 0.3 is 0 Å². The first-order valence-electron chi connectivity index (χ1n) is 8.93. The van der Waals surface area contributed by atoms with Crippen LogP contribution < -0.4 is 0 Å². The summed E-state index contributed by atoms with van der Waals surface area (Å²) < 4.78 is 0. The van der Waals surface area contributed by atoms with Crippen molar-refractivity contribution < 1.29 is 30.0 Å². The third-order valence-corrected chi connectivity index (χ3v) is 4.13. The van der Waals surface area contributed by atoms with Crippen LogP contribution in [0, 0.1) is 33.8 Å². The Balaban J connectivity index is 0.000000425. The molecule has 0 saturated carbocycles. The smallest absolute Gasteiger partial charge is 0.155 e. The van der Waals surface area contributed by atoms with Crippen LogP contribution in [0.1, 0.15) is 36.1 Å². The van der Waals surface area contributed by atoms with Crippen molar-refractivity contribution in [1.82, 2.24) is 4.98 Å². The van der Waals surface area contributed by atoms with Crippen LogP contribution in [0.2, 0.25) is 0 Å². The van der Waals surface area contributed by atoms with Gasteiger partial charge in [-0.1, -0.05) is 32.0 Å². The zero-order valence-electron chi connectivity index (χ0n) is 17.2. The van der Waals surface area contributed by atoms with Crippen molar-refractivity contribution in [2.75, 3.05) is 0 Å². The minimum atomic E-state index is -0.125. The second-order valence-corrected chi connectivity index (χ2v) is 6.94. The molecule has 0 fully saturated rings. The first kappa shape index (κ1) is 23.7. The van der Waals surface area contributed by atoms with Gasteiger partial charge in [0.1, 0.15) is 0 Å². The van der Waals surface area contributed by atoms with Gasteiger partial charge in [0.2, 0.25) is 0 Å². The summed E-state index contributed by atoms with van der Waals surface area (Å²) in [5.74, 6) is -0.0625. The molecule has 3 rings (SSSR count). The Kier molecular flexibility index (Phi) is 8.74. The van der Waals surface area contributed by atoms with Gasteiger partial charge in [-0.3, -0.25) is 9.78 Å². The molecule has 0 aliphatic carbocycles. The number of carbonyl (C=O) groups is 1. The van der Waals surface area contributed by atoms with E-state index in [1.165, 1.54) is 42.0 Å². The molecule has 0 atom stereocenters. The van der Waals surface area contributed by atoms with Gasteiger partial charge in [0.25, 0.3) is 0 Å². The molecule has 0 amide bonds. The van der Waals surface area contributed by atoms with Gasteiger partial charge in [-0.05, 0) is 50.6 Å². The number of fused-ring (bicyclic) bond motifs is 1. The van der Waals surface area contributed by atoms with Gasteiger partial charge in [-0.15, -0.1) is 34.9 Å². The van der Waals surface area contributed by atoms with Crippen molar-refractivity contribution in [1.29, 1.82) is 0 Å². The van der Waals surface area contributed by atoms with E-state index in [1.807, 2.05) is 0 Å². The molecule has 0 unspecified atom stereocenters. The number of benzene rings is 2. The quantitative estimate of drug-likeness (QED) is 0.242. The summed E-state index contributed by atoms with van der Waals surface area (Å²) >= 11 is 0. The molecule has 2 aromatic carbocycles. The monoisotopic (exact) mass is 553 g/mol. The van der Waals surface area contributed by atoms with E-state index in [1.54, 1.807) is 0 Å². The van der Waals surface area contributed by atoms with Crippen molar-refractivity contribution in [3.8, 4) is 11.3 Å². The molecular formula is C24H26IrNO2-. The van der Waals surface area contributed by atoms with Crippen molar-refractivity contribution in [2.45, 2.75) is 41.5 Å². The number of rotatable bonds is 2. The Morgan fingerprint density at radius 3 is 2.25 bits per heavy atom. The first-order valence-corrected chi connectivity index (χ1v) is 8.93. The van der Waals surface area contributed by atoms with E-state index in [0.29, 0.717) is 0 Å². The molecule has 1 heterocycles. The van der Waals surface area contributed by atoms with Crippen LogP contribution in [0.4, 0.5) is 0 Å². The van der Waals surface area contributed by atoms with Crippen molar-refractivity contribution in [2.24, 2.45) is 0 Å². The van der Waals surface area contributed by atoms with Crippen LogP contribution in [0.25, 0.3) is 22.2 Å². The van der Waals surface area contributed by atoms with E-state index in [4.69, 9.17) is 10.1 Å². The molecule has 3 aromatic rings. The summed E-state index contributed by atoms with van der Waals surface area (Å²) in [4.78, 5) is 14.9. The van der Waals surface area contributed by atoms with E-state index >= 15 is 0 Å². The zero-order chi connectivity index (χ0) is 20.1. The average Bonchev–Trinajstić information content (AvgIpc) is 2.55. The molecule has 0 saturated heterocycles. The number of aryl methyl sites for hydroxylation is 4. The van der Waals surface area contributed by atoms with Gasteiger partial charge in [0, 0.05) is 31.6 Å². The summed E-state index contributed by atoms with van der Waals surface area (Å²) in [6.45, 7) is 11.3. The maximum atomic E-state index is 10.0. The molecule has 3 nitrogen and oxygen atoms in total. The number of hydrogen-bond donors (Lipinski definition) is 1. The van der Waals surface area contributed by atoms with Crippen LogP contribution in [0.5, 0.6) is 0 Å². The van der Waals surface area contributed by atoms with Crippen LogP contribution in [-0.4, -0.2) is 15.9 Å². The number of pyridine rings is 1. The Labute approximate surface area is 180 Å². The standard InChI is InChI=1S/C19H18N.C5H8O2.Ir/c1-12-5-6-14(3)17(10-12)18-8-7-16-15(4)9-13(2)11-19(16)20-18;1-4(6)3-5(2)7;/h5-9,11H,1-4H3;3,6H,1-2H3;/q-1;;/b;4-3-;. The summed E-state index contributed by atoms with van der Waals surface area (Å²) in [7, 11) is 0. The number of nitrogens with zero attached hydrogens (tertiary/aromatic N) is 1. The Morgan fingerprint density at radius 2 is 1.68 bits per heavy atom. The van der Waals surface area contributed by atoms with Gasteiger partial charge in [0.15, 0.2) is 5.78 Å². The second-order valence-electron chi connectivity index (χ2n) is 6.94. The number of hydrogen-bond acceptors (Lipinski definition) is 3. The van der Waals surface area contributed by atoms with Gasteiger partial charge < -0.3 is 5.11 Å². The number of aliphatic hydroxyl groups is 1. The van der Waals surface area contributed by atoms with Gasteiger partial charge in [0.05, 0.1) is 11.3 Å². The van der Waals surface area contributed by atoms with E-state index < -0.39 is 0 Å². The summed E-state index contributed by atoms with van der Waals surface area (Å²) in [5, 5.41) is 9.59. The third kappa shape index (κ3) is 6.40. The van der Waals surface area contributed by atoms with E-state index in [9.17, 15) is 4.79 Å². The van der Waals surface area contributed by atoms with E-state index in [2.05, 4.69) is 70.2 Å². The molecule has 0 aliphatic heterocycles. The second kappa shape index (κ2) is 10.3. The molecule has 28 heavy (non-hydrogen) atoms. The Bertz CT molecular complexity index is 1020. The topological polar surface area (TPSA) is 50.2 Å². The molecule has 1 N–H and O–H groups in total. The molecular weight excluding hydrogens is 526 g/mol. The Hall–Kier alpha value is -2.29. The molecule has 4 heteroatoms. The average molecular weight is 553 g/mol. The maximum Gasteiger partial charge on any atom is 0.155 e. The molecule has 0 spiro atoms. The number of ketones is 1. The summed E-state index contributed by atoms with van der Waals surface area (Å²) in [6, 6.07) is 16.3. The number of carbonyl (C=O) groups excluding carboxylic acids is 1. The van der Waals surface area contributed by atoms with Crippen LogP contribution in [0.15, 0.2) is 48.2 Å². The molecule has 1 radical (unpaired) electrons. The van der Waals surface area contributed by atoms with Crippen molar-refractivity contribution in [3.05, 3.63) is 76.6 Å². The summed E-state index contributed by atoms with van der Waals surface area (Å²) in [5.41, 5.74) is 8.07. The number of allylic oxidation sites excluding steroid dienone is 2. The minimum Gasteiger partial charge on any atom is -0.512 e. The molecule has 1 aromatic heterocycles. The maximum absolute atomic E-state index is 10.0. The predicted molar refractivity (Wildman–Crippen MR) is 112 cm³/mol. The largest absolute Gasteiger partial charge is 0.512 e. The van der Waals surface area contributed by atoms with Gasteiger partial charge in [-0.2, -0.15) is 0 Å². The fourth-order valence-electron chi connectivity index (χ4n) is 2.97. The van der Waals surface area contributed by atoms with Crippen LogP contribution in [0.3, 0.4) is 0 Å². The molecule has 0 bridgehead atoms. The van der Waals surface area contributed by atoms with Crippen molar-refractivity contribution in [3.63, 3.8) is 0 Å². The van der Waals surface area contributed by atoms with E-state index in [0.717, 1.165) is 22.3 Å². The molecule has 0 aliphatic rings. The predicted octanol–water partition coefficient (Wildman–Crippen LogP) is 5.97. The van der Waals surface area contributed by atoms with E-state index in [-0.39, 0.29) is 31.6 Å². The third-order valence-electron chi connectivity index (χ3n) is 4.13. The first-order chi connectivity index (χ1) is 12.7. The SMILES string of the molecule is CC(=O)/C=C(/C)O.Cc1[c-]c(-c2ccc3c(C)cc(C)cc3n2)c(C)cc1.[Ir]. The minimum absolute atomic E-state index is 0. The summed E-state index contributed by atoms with van der Waals surface area (Å²) in [6.07, 6.45) is 1.17. The molecule has 149 valence electrons. The fraction of sp³-hybridized carbons (Fsp3) is 0.250. The van der Waals surface area contributed by atoms with Crippen molar-refractivity contribution >= 4 is 16.7 Å². The van der Waals surface area contributed by atoms with Gasteiger partial charge in [-0.25, -0.2) is 0 Å². The van der Waals surface area contributed by atoms with Crippen LogP contribution >= 0.6 is 0 Å².